The van der Waals surface area contributed by atoms with Crippen LogP contribution in [0, 0.1) is 13.8 Å². The van der Waals surface area contributed by atoms with E-state index < -0.39 is 5.92 Å². The number of carbonyl (C=O) groups excluding carboxylic acids is 1. The normalized spacial score (nSPS) is 12.2. The number of thiazole rings is 1. The number of methoxy groups -OCH3 is 1. The summed E-state index contributed by atoms with van der Waals surface area (Å²) in [7, 11) is 1.41. The molecule has 94 valence electrons. The maximum Gasteiger partial charge on any atom is 0.320 e. The fourth-order valence-corrected chi connectivity index (χ4v) is 2.75. The molecule has 1 heterocycles. The van der Waals surface area contributed by atoms with Crippen molar-refractivity contribution < 1.29 is 9.53 Å². The molecule has 0 N–H and O–H groups in total. The van der Waals surface area contributed by atoms with Gasteiger partial charge in [-0.15, -0.1) is 11.3 Å². The highest BCUT2D eigenvalue weighted by atomic mass is 32.1. The number of esters is 1. The quantitative estimate of drug-likeness (QED) is 0.797. The summed E-state index contributed by atoms with van der Waals surface area (Å²) < 4.78 is 4.90. The van der Waals surface area contributed by atoms with E-state index in [1.165, 1.54) is 24.0 Å². The zero-order chi connectivity index (χ0) is 13.1. The first kappa shape index (κ1) is 12.8. The highest BCUT2D eigenvalue weighted by molar-refractivity contribution is 7.09. The van der Waals surface area contributed by atoms with Gasteiger partial charge in [0.25, 0.3) is 0 Å². The summed E-state index contributed by atoms with van der Waals surface area (Å²) in [6.07, 6.45) is 1.71. The van der Waals surface area contributed by atoms with Gasteiger partial charge in [0.2, 0.25) is 0 Å². The number of nitrogens with zero attached hydrogens (tertiary/aromatic N) is 1. The average Bonchev–Trinajstić information content (AvgIpc) is 2.85. The summed E-state index contributed by atoms with van der Waals surface area (Å²) in [5.41, 5.74) is 3.22. The van der Waals surface area contributed by atoms with Crippen LogP contribution in [0.4, 0.5) is 0 Å². The summed E-state index contributed by atoms with van der Waals surface area (Å²) in [4.78, 5) is 16.2. The molecule has 18 heavy (non-hydrogen) atoms. The number of ether oxygens (including phenoxy) is 1. The molecule has 4 heteroatoms. The number of hydrogen-bond donors (Lipinski definition) is 0. The van der Waals surface area contributed by atoms with Crippen molar-refractivity contribution in [1.29, 1.82) is 0 Å². The van der Waals surface area contributed by atoms with E-state index in [9.17, 15) is 4.79 Å². The summed E-state index contributed by atoms with van der Waals surface area (Å²) in [6.45, 7) is 4.04. The van der Waals surface area contributed by atoms with Crippen molar-refractivity contribution in [3.63, 3.8) is 0 Å². The standard InChI is InChI=1S/C14H15NO2S/c1-9-4-5-11(10(2)8-9)12(14(16)17-3)13-15-6-7-18-13/h4-8,12H,1-3H3. The van der Waals surface area contributed by atoms with Crippen molar-refractivity contribution in [3.05, 3.63) is 51.5 Å². The molecular formula is C14H15NO2S. The van der Waals surface area contributed by atoms with Crippen molar-refractivity contribution in [1.82, 2.24) is 4.98 Å². The minimum atomic E-state index is -0.421. The molecule has 3 nitrogen and oxygen atoms in total. The van der Waals surface area contributed by atoms with Crippen LogP contribution in [-0.4, -0.2) is 18.1 Å². The molecule has 0 aliphatic carbocycles. The molecule has 2 rings (SSSR count). The first-order valence-electron chi connectivity index (χ1n) is 5.68. The van der Waals surface area contributed by atoms with Gasteiger partial charge in [-0.2, -0.15) is 0 Å². The molecule has 0 bridgehead atoms. The maximum atomic E-state index is 12.0. The van der Waals surface area contributed by atoms with Crippen LogP contribution >= 0.6 is 11.3 Å². The highest BCUT2D eigenvalue weighted by Gasteiger charge is 2.27. The maximum absolute atomic E-state index is 12.0. The minimum absolute atomic E-state index is 0.267. The summed E-state index contributed by atoms with van der Waals surface area (Å²) in [6, 6.07) is 6.05. The lowest BCUT2D eigenvalue weighted by molar-refractivity contribution is -0.141. The third kappa shape index (κ3) is 2.43. The SMILES string of the molecule is COC(=O)C(c1nccs1)c1ccc(C)cc1C. The third-order valence-corrected chi connectivity index (χ3v) is 3.71. The van der Waals surface area contributed by atoms with E-state index in [0.717, 1.165) is 16.1 Å². The molecule has 0 aliphatic rings. The van der Waals surface area contributed by atoms with Gasteiger partial charge in [0.05, 0.1) is 7.11 Å². The van der Waals surface area contributed by atoms with Gasteiger partial charge in [-0.3, -0.25) is 4.79 Å². The number of hydrogen-bond acceptors (Lipinski definition) is 4. The van der Waals surface area contributed by atoms with Crippen LogP contribution in [0.2, 0.25) is 0 Å². The van der Waals surface area contributed by atoms with Crippen LogP contribution in [0.15, 0.2) is 29.8 Å². The third-order valence-electron chi connectivity index (χ3n) is 2.87. The van der Waals surface area contributed by atoms with E-state index >= 15 is 0 Å². The Labute approximate surface area is 110 Å². The van der Waals surface area contributed by atoms with Crippen LogP contribution in [-0.2, 0) is 9.53 Å². The zero-order valence-electron chi connectivity index (χ0n) is 10.6. The Bertz CT molecular complexity index is 549. The molecule has 0 saturated heterocycles. The predicted octanol–water partition coefficient (Wildman–Crippen LogP) is 3.06. The van der Waals surface area contributed by atoms with Gasteiger partial charge >= 0.3 is 5.97 Å². The van der Waals surface area contributed by atoms with Crippen molar-refractivity contribution in [2.75, 3.05) is 7.11 Å². The Morgan fingerprint density at radius 2 is 2.17 bits per heavy atom. The second kappa shape index (κ2) is 5.31. The summed E-state index contributed by atoms with van der Waals surface area (Å²) in [5.74, 6) is -0.687. The van der Waals surface area contributed by atoms with Gasteiger partial charge < -0.3 is 4.74 Å². The monoisotopic (exact) mass is 261 g/mol. The lowest BCUT2D eigenvalue weighted by Crippen LogP contribution is -2.16. The Morgan fingerprint density at radius 1 is 1.39 bits per heavy atom. The molecule has 0 spiro atoms. The Balaban J connectivity index is 2.50. The van der Waals surface area contributed by atoms with E-state index in [0.29, 0.717) is 0 Å². The average molecular weight is 261 g/mol. The van der Waals surface area contributed by atoms with E-state index in [4.69, 9.17) is 4.74 Å². The van der Waals surface area contributed by atoms with E-state index in [1.54, 1.807) is 6.20 Å². The second-order valence-electron chi connectivity index (χ2n) is 4.19. The summed E-state index contributed by atoms with van der Waals surface area (Å²) in [5, 5.41) is 2.64. The van der Waals surface area contributed by atoms with Crippen molar-refractivity contribution in [2.24, 2.45) is 0 Å². The predicted molar refractivity (Wildman–Crippen MR) is 71.9 cm³/mol. The van der Waals surface area contributed by atoms with Gasteiger partial charge in [-0.05, 0) is 25.0 Å². The van der Waals surface area contributed by atoms with Gasteiger partial charge in [0, 0.05) is 11.6 Å². The number of benzene rings is 1. The molecule has 1 aromatic heterocycles. The van der Waals surface area contributed by atoms with Crippen LogP contribution in [0.3, 0.4) is 0 Å². The highest BCUT2D eigenvalue weighted by Crippen LogP contribution is 2.30. The van der Waals surface area contributed by atoms with Crippen LogP contribution in [0.5, 0.6) is 0 Å². The van der Waals surface area contributed by atoms with Crippen molar-refractivity contribution in [3.8, 4) is 0 Å². The molecule has 1 unspecified atom stereocenters. The Kier molecular flexibility index (Phi) is 3.77. The first-order chi connectivity index (χ1) is 8.63. The smallest absolute Gasteiger partial charge is 0.320 e. The fraction of sp³-hybridized carbons (Fsp3) is 0.286. The Morgan fingerprint density at radius 3 is 2.72 bits per heavy atom. The van der Waals surface area contributed by atoms with Crippen LogP contribution in [0.25, 0.3) is 0 Å². The molecule has 0 fully saturated rings. The zero-order valence-corrected chi connectivity index (χ0v) is 11.5. The van der Waals surface area contributed by atoms with Gasteiger partial charge in [-0.1, -0.05) is 23.8 Å². The van der Waals surface area contributed by atoms with E-state index in [1.807, 2.05) is 31.4 Å². The number of carbonyl (C=O) groups is 1. The lowest BCUT2D eigenvalue weighted by Gasteiger charge is -2.15. The van der Waals surface area contributed by atoms with E-state index in [-0.39, 0.29) is 5.97 Å². The lowest BCUT2D eigenvalue weighted by atomic mass is 9.94. The molecule has 0 radical (unpaired) electrons. The molecule has 1 aromatic carbocycles. The van der Waals surface area contributed by atoms with Gasteiger partial charge in [-0.25, -0.2) is 4.98 Å². The van der Waals surface area contributed by atoms with Crippen molar-refractivity contribution >= 4 is 17.3 Å². The minimum Gasteiger partial charge on any atom is -0.468 e. The number of aromatic nitrogens is 1. The van der Waals surface area contributed by atoms with Gasteiger partial charge in [0.1, 0.15) is 10.9 Å². The number of rotatable bonds is 3. The summed E-state index contributed by atoms with van der Waals surface area (Å²) >= 11 is 1.47. The molecule has 0 amide bonds. The van der Waals surface area contributed by atoms with E-state index in [2.05, 4.69) is 11.1 Å². The van der Waals surface area contributed by atoms with Gasteiger partial charge in [0.15, 0.2) is 0 Å². The Hall–Kier alpha value is -1.68. The topological polar surface area (TPSA) is 39.2 Å². The largest absolute Gasteiger partial charge is 0.468 e. The number of aryl methyl sites for hydroxylation is 2. The fourth-order valence-electron chi connectivity index (χ4n) is 2.01. The second-order valence-corrected chi connectivity index (χ2v) is 5.11. The van der Waals surface area contributed by atoms with Crippen molar-refractivity contribution in [2.45, 2.75) is 19.8 Å². The molecule has 0 saturated carbocycles. The molecule has 2 aromatic rings. The first-order valence-corrected chi connectivity index (χ1v) is 6.56. The molecular weight excluding hydrogens is 246 g/mol. The molecule has 1 atom stereocenters. The molecule has 0 aliphatic heterocycles. The van der Waals surface area contributed by atoms with Crippen LogP contribution in [0.1, 0.15) is 27.6 Å². The van der Waals surface area contributed by atoms with Crippen LogP contribution < -0.4 is 0 Å².